The second kappa shape index (κ2) is 11.5. The second-order valence-corrected chi connectivity index (χ2v) is 12.3. The fourth-order valence-electron chi connectivity index (χ4n) is 7.54. The Kier molecular flexibility index (Phi) is 7.83. The first-order valence-electron chi connectivity index (χ1n) is 15.4. The number of amides is 3. The number of likely N-dealkylation sites (tertiary alicyclic amines) is 1. The molecule has 3 aliphatic heterocycles. The van der Waals surface area contributed by atoms with Crippen LogP contribution in [0.3, 0.4) is 0 Å². The van der Waals surface area contributed by atoms with E-state index in [-0.39, 0.29) is 31.0 Å². The Bertz CT molecular complexity index is 1560. The molecule has 2 aromatic carbocycles. The molecule has 4 heterocycles. The van der Waals surface area contributed by atoms with Crippen LogP contribution < -0.4 is 15.4 Å². The van der Waals surface area contributed by atoms with E-state index in [1.54, 1.807) is 28.9 Å². The zero-order valence-corrected chi connectivity index (χ0v) is 25.5. The maximum Gasteiger partial charge on any atom is 0.247 e. The van der Waals surface area contributed by atoms with Crippen molar-refractivity contribution in [3.63, 3.8) is 0 Å². The molecule has 1 spiro atoms. The van der Waals surface area contributed by atoms with E-state index in [2.05, 4.69) is 20.9 Å². The summed E-state index contributed by atoms with van der Waals surface area (Å²) in [4.78, 5) is 44.1. The SMILES string of the molecule is CCOc1ccc(NC(=O)[C@H]2[C@H]3C(=O)N([C@@H](CO)[C@@H](C)CC)C(C(=O)NCn4nnc5ccccc54)C34CC[C@]2(C)O4)cc1. The van der Waals surface area contributed by atoms with Crippen LogP contribution in [0, 0.1) is 17.8 Å². The van der Waals surface area contributed by atoms with Crippen LogP contribution in [0.2, 0.25) is 0 Å². The molecule has 6 rings (SSSR count). The Hall–Kier alpha value is -4.03. The molecular weight excluding hydrogens is 564 g/mol. The van der Waals surface area contributed by atoms with Crippen LogP contribution in [-0.4, -0.2) is 79.2 Å². The van der Waals surface area contributed by atoms with Gasteiger partial charge in [-0.1, -0.05) is 37.6 Å². The highest BCUT2D eigenvalue weighted by Gasteiger charge is 2.78. The Morgan fingerprint density at radius 3 is 2.59 bits per heavy atom. The van der Waals surface area contributed by atoms with Gasteiger partial charge in [0.2, 0.25) is 17.7 Å². The maximum atomic E-state index is 14.5. The first kappa shape index (κ1) is 30.0. The van der Waals surface area contributed by atoms with Crippen LogP contribution in [0.5, 0.6) is 5.75 Å². The molecular formula is C32H40N6O6. The zero-order chi connectivity index (χ0) is 31.2. The van der Waals surface area contributed by atoms with Crippen molar-refractivity contribution >= 4 is 34.4 Å². The molecule has 0 aliphatic carbocycles. The molecule has 3 saturated heterocycles. The van der Waals surface area contributed by atoms with Crippen molar-refractivity contribution in [1.82, 2.24) is 25.2 Å². The predicted octanol–water partition coefficient (Wildman–Crippen LogP) is 2.71. The molecule has 12 nitrogen and oxygen atoms in total. The highest BCUT2D eigenvalue weighted by atomic mass is 16.5. The number of carbonyl (C=O) groups is 3. The van der Waals surface area contributed by atoms with Crippen molar-refractivity contribution in [3.8, 4) is 5.75 Å². The molecule has 1 aromatic heterocycles. The summed E-state index contributed by atoms with van der Waals surface area (Å²) in [6, 6.07) is 12.8. The number of aliphatic hydroxyl groups is 1. The number of nitrogens with zero attached hydrogens (tertiary/aromatic N) is 4. The van der Waals surface area contributed by atoms with Crippen LogP contribution in [0.15, 0.2) is 48.5 Å². The van der Waals surface area contributed by atoms with Gasteiger partial charge in [0.25, 0.3) is 0 Å². The van der Waals surface area contributed by atoms with E-state index >= 15 is 0 Å². The van der Waals surface area contributed by atoms with Gasteiger partial charge in [0, 0.05) is 5.69 Å². The fourth-order valence-corrected chi connectivity index (χ4v) is 7.54. The third-order valence-corrected chi connectivity index (χ3v) is 9.85. The number of benzene rings is 2. The first-order valence-corrected chi connectivity index (χ1v) is 15.4. The summed E-state index contributed by atoms with van der Waals surface area (Å²) in [5, 5.41) is 24.8. The van der Waals surface area contributed by atoms with Crippen molar-refractivity contribution in [2.75, 3.05) is 18.5 Å². The van der Waals surface area contributed by atoms with Crippen molar-refractivity contribution in [2.45, 2.75) is 76.9 Å². The van der Waals surface area contributed by atoms with Crippen molar-refractivity contribution in [3.05, 3.63) is 48.5 Å². The lowest BCUT2D eigenvalue weighted by Crippen LogP contribution is -2.59. The molecule has 3 N–H and O–H groups in total. The van der Waals surface area contributed by atoms with Gasteiger partial charge in [0.1, 0.15) is 29.6 Å². The first-order chi connectivity index (χ1) is 21.2. The van der Waals surface area contributed by atoms with E-state index in [0.717, 1.165) is 5.52 Å². The number of rotatable bonds is 11. The summed E-state index contributed by atoms with van der Waals surface area (Å²) < 4.78 is 13.8. The van der Waals surface area contributed by atoms with Crippen molar-refractivity contribution < 1.29 is 29.0 Å². The van der Waals surface area contributed by atoms with Gasteiger partial charge in [-0.2, -0.15) is 0 Å². The summed E-state index contributed by atoms with van der Waals surface area (Å²) in [6.07, 6.45) is 1.63. The quantitative estimate of drug-likeness (QED) is 0.303. The minimum Gasteiger partial charge on any atom is -0.494 e. The van der Waals surface area contributed by atoms with Crippen LogP contribution >= 0.6 is 0 Å². The van der Waals surface area contributed by atoms with Crippen LogP contribution in [-0.2, 0) is 25.8 Å². The molecule has 3 fully saturated rings. The second-order valence-electron chi connectivity index (χ2n) is 12.3. The summed E-state index contributed by atoms with van der Waals surface area (Å²) in [6.45, 7) is 7.93. The largest absolute Gasteiger partial charge is 0.494 e. The van der Waals surface area contributed by atoms with Gasteiger partial charge < -0.3 is 30.1 Å². The van der Waals surface area contributed by atoms with E-state index in [1.165, 1.54) is 4.90 Å². The van der Waals surface area contributed by atoms with E-state index in [0.29, 0.717) is 42.8 Å². The molecule has 3 amide bonds. The van der Waals surface area contributed by atoms with E-state index in [1.807, 2.05) is 52.0 Å². The molecule has 3 aliphatic rings. The molecule has 2 unspecified atom stereocenters. The molecule has 234 valence electrons. The van der Waals surface area contributed by atoms with E-state index in [4.69, 9.17) is 9.47 Å². The number of hydrogen-bond donors (Lipinski definition) is 3. The third kappa shape index (κ3) is 4.71. The van der Waals surface area contributed by atoms with E-state index < -0.39 is 41.0 Å². The topological polar surface area (TPSA) is 148 Å². The smallest absolute Gasteiger partial charge is 0.247 e. The van der Waals surface area contributed by atoms with Gasteiger partial charge >= 0.3 is 0 Å². The number of anilines is 1. The Balaban J connectivity index is 1.32. The molecule has 2 bridgehead atoms. The zero-order valence-electron chi connectivity index (χ0n) is 25.5. The maximum absolute atomic E-state index is 14.5. The average Bonchev–Trinajstić information content (AvgIpc) is 3.73. The minimum absolute atomic E-state index is 0.0324. The number of para-hydroxylation sites is 1. The Morgan fingerprint density at radius 1 is 1.14 bits per heavy atom. The normalized spacial score (nSPS) is 28.6. The van der Waals surface area contributed by atoms with Crippen molar-refractivity contribution in [1.29, 1.82) is 0 Å². The molecule has 0 saturated carbocycles. The summed E-state index contributed by atoms with van der Waals surface area (Å²) >= 11 is 0. The van der Waals surface area contributed by atoms with Gasteiger partial charge in [-0.15, -0.1) is 5.10 Å². The van der Waals surface area contributed by atoms with Crippen LogP contribution in [0.25, 0.3) is 11.0 Å². The number of carbonyl (C=O) groups excluding carboxylic acids is 3. The lowest BCUT2D eigenvalue weighted by Gasteiger charge is -2.39. The molecule has 44 heavy (non-hydrogen) atoms. The summed E-state index contributed by atoms with van der Waals surface area (Å²) in [7, 11) is 0. The molecule has 0 radical (unpaired) electrons. The third-order valence-electron chi connectivity index (χ3n) is 9.85. The minimum atomic E-state index is -1.22. The number of aromatic nitrogens is 3. The van der Waals surface area contributed by atoms with Crippen molar-refractivity contribution in [2.24, 2.45) is 17.8 Å². The van der Waals surface area contributed by atoms with Gasteiger partial charge in [0.05, 0.1) is 42.2 Å². The Labute approximate surface area is 256 Å². The standard InChI is InChI=1S/C32H40N6O6/c1-5-19(3)24(17-39)38-27(29(41)33-18-37-23-10-8-7-9-22(23)35-36-37)32-16-15-31(4,44-32)25(26(32)30(38)42)28(40)34-20-11-13-21(14-12-20)43-6-2/h7-14,19,24-27,39H,5-6,15-18H2,1-4H3,(H,33,41)(H,34,40)/t19-,24-,25+,26-,27?,31-,32?/m0/s1. The lowest BCUT2D eigenvalue weighted by molar-refractivity contribution is -0.150. The number of fused-ring (bicyclic) bond motifs is 2. The molecule has 7 atom stereocenters. The molecule has 12 heteroatoms. The van der Waals surface area contributed by atoms with Crippen LogP contribution in [0.4, 0.5) is 5.69 Å². The summed E-state index contributed by atoms with van der Waals surface area (Å²) in [5.74, 6) is -2.22. The van der Waals surface area contributed by atoms with Gasteiger partial charge in [-0.05, 0) is 69.0 Å². The highest BCUT2D eigenvalue weighted by molar-refractivity contribution is 6.02. The number of aliphatic hydroxyl groups excluding tert-OH is 1. The number of hydrogen-bond acceptors (Lipinski definition) is 8. The monoisotopic (exact) mass is 604 g/mol. The van der Waals surface area contributed by atoms with Gasteiger partial charge in [-0.3, -0.25) is 14.4 Å². The number of nitrogens with one attached hydrogen (secondary N) is 2. The average molecular weight is 605 g/mol. The summed E-state index contributed by atoms with van der Waals surface area (Å²) in [5.41, 5.74) is -0.131. The predicted molar refractivity (Wildman–Crippen MR) is 161 cm³/mol. The highest BCUT2D eigenvalue weighted by Crippen LogP contribution is 2.63. The Morgan fingerprint density at radius 2 is 1.89 bits per heavy atom. The van der Waals surface area contributed by atoms with E-state index in [9.17, 15) is 19.5 Å². The lowest BCUT2D eigenvalue weighted by atomic mass is 9.66. The molecule has 3 aromatic rings. The van der Waals surface area contributed by atoms with Gasteiger partial charge in [0.15, 0.2) is 0 Å². The number of ether oxygens (including phenoxy) is 2. The van der Waals surface area contributed by atoms with Gasteiger partial charge in [-0.25, -0.2) is 4.68 Å². The fraction of sp³-hybridized carbons (Fsp3) is 0.531. The van der Waals surface area contributed by atoms with Crippen LogP contribution in [0.1, 0.15) is 47.0 Å².